The number of nitrogens with zero attached hydrogens (tertiary/aromatic N) is 4. The van der Waals surface area contributed by atoms with Crippen molar-refractivity contribution in [1.82, 2.24) is 20.0 Å². The van der Waals surface area contributed by atoms with Gasteiger partial charge in [-0.3, -0.25) is 0 Å². The van der Waals surface area contributed by atoms with E-state index in [4.69, 9.17) is 9.47 Å². The Morgan fingerprint density at radius 2 is 2.07 bits per heavy atom. The number of methoxy groups -OCH3 is 1. The number of para-hydroxylation sites is 1. The highest BCUT2D eigenvalue weighted by Crippen LogP contribution is 2.33. The summed E-state index contributed by atoms with van der Waals surface area (Å²) in [7, 11) is 1.57. The summed E-state index contributed by atoms with van der Waals surface area (Å²) < 4.78 is 50.7. The van der Waals surface area contributed by atoms with Crippen LogP contribution in [-0.2, 0) is 12.6 Å². The van der Waals surface area contributed by atoms with Crippen molar-refractivity contribution < 1.29 is 22.6 Å². The number of aryl methyl sites for hydroxylation is 1. The van der Waals surface area contributed by atoms with Crippen molar-refractivity contribution in [2.45, 2.75) is 38.8 Å². The van der Waals surface area contributed by atoms with Crippen LogP contribution < -0.4 is 9.47 Å². The van der Waals surface area contributed by atoms with Crippen molar-refractivity contribution in [3.8, 4) is 16.6 Å². The van der Waals surface area contributed by atoms with Gasteiger partial charge in [-0.05, 0) is 30.4 Å². The molecule has 0 fully saturated rings. The van der Waals surface area contributed by atoms with Crippen molar-refractivity contribution in [1.29, 1.82) is 0 Å². The number of aromatic nitrogens is 4. The van der Waals surface area contributed by atoms with Gasteiger partial charge in [-0.15, -0.1) is 10.2 Å². The summed E-state index contributed by atoms with van der Waals surface area (Å²) in [6.45, 7) is 4.41. The van der Waals surface area contributed by atoms with E-state index >= 15 is 0 Å². The molecular weight excluding hydrogens is 405 g/mol. The zero-order valence-electron chi connectivity index (χ0n) is 16.2. The third-order valence-electron chi connectivity index (χ3n) is 4.06. The van der Waals surface area contributed by atoms with Gasteiger partial charge in [0.25, 0.3) is 0 Å². The standard InChI is InChI=1S/C19H20F3N4O2S/c1-12(2)16-13(7-6-10-28-15-9-5-4-8-14(15)27-3)11-26(25-16)18-24-23-17(29-18)19(20,21)22/h4-5,8,11-12H,6-7,10H2,1-3H3. The maximum absolute atomic E-state index is 12.8. The fraction of sp³-hybridized carbons (Fsp3) is 0.421. The molecule has 155 valence electrons. The molecule has 6 nitrogen and oxygen atoms in total. The van der Waals surface area contributed by atoms with Crippen molar-refractivity contribution in [2.24, 2.45) is 0 Å². The van der Waals surface area contributed by atoms with Crippen LogP contribution in [0, 0.1) is 6.07 Å². The van der Waals surface area contributed by atoms with Crippen LogP contribution in [-0.4, -0.2) is 33.7 Å². The highest BCUT2D eigenvalue weighted by atomic mass is 32.1. The molecule has 0 aliphatic carbocycles. The van der Waals surface area contributed by atoms with E-state index in [1.807, 2.05) is 19.9 Å². The topological polar surface area (TPSA) is 62.1 Å². The Morgan fingerprint density at radius 1 is 1.28 bits per heavy atom. The van der Waals surface area contributed by atoms with Gasteiger partial charge in [0.15, 0.2) is 11.5 Å². The molecule has 0 spiro atoms. The third-order valence-corrected chi connectivity index (χ3v) is 5.02. The fourth-order valence-corrected chi connectivity index (χ4v) is 3.38. The summed E-state index contributed by atoms with van der Waals surface area (Å²) in [4.78, 5) is 0. The lowest BCUT2D eigenvalue weighted by Crippen LogP contribution is -2.03. The highest BCUT2D eigenvalue weighted by Gasteiger charge is 2.36. The lowest BCUT2D eigenvalue weighted by Gasteiger charge is -2.10. The molecule has 2 aromatic heterocycles. The molecule has 0 amide bonds. The summed E-state index contributed by atoms with van der Waals surface area (Å²) in [5.41, 5.74) is 1.76. The first-order valence-electron chi connectivity index (χ1n) is 8.96. The van der Waals surface area contributed by atoms with E-state index < -0.39 is 11.2 Å². The molecule has 29 heavy (non-hydrogen) atoms. The largest absolute Gasteiger partial charge is 0.493 e. The molecule has 0 aliphatic heterocycles. The molecule has 1 aromatic carbocycles. The summed E-state index contributed by atoms with van der Waals surface area (Å²) in [6.07, 6.45) is -1.44. The predicted octanol–water partition coefficient (Wildman–Crippen LogP) is 4.69. The van der Waals surface area contributed by atoms with E-state index in [1.165, 1.54) is 4.68 Å². The smallest absolute Gasteiger partial charge is 0.445 e. The van der Waals surface area contributed by atoms with Gasteiger partial charge < -0.3 is 9.47 Å². The normalized spacial score (nSPS) is 11.8. The maximum atomic E-state index is 12.8. The molecule has 0 bridgehead atoms. The summed E-state index contributed by atoms with van der Waals surface area (Å²) in [6, 6.07) is 8.34. The van der Waals surface area contributed by atoms with Gasteiger partial charge in [-0.25, -0.2) is 4.68 Å². The van der Waals surface area contributed by atoms with E-state index in [1.54, 1.807) is 25.4 Å². The molecule has 0 saturated heterocycles. The van der Waals surface area contributed by atoms with Gasteiger partial charge in [0, 0.05) is 12.3 Å². The first-order chi connectivity index (χ1) is 13.8. The van der Waals surface area contributed by atoms with Crippen LogP contribution in [0.15, 0.2) is 24.4 Å². The number of ether oxygens (including phenoxy) is 2. The fourth-order valence-electron chi connectivity index (χ4n) is 2.74. The second kappa shape index (κ2) is 8.81. The van der Waals surface area contributed by atoms with Gasteiger partial charge in [0.1, 0.15) is 0 Å². The van der Waals surface area contributed by atoms with Crippen molar-refractivity contribution in [3.63, 3.8) is 0 Å². The molecule has 0 unspecified atom stereocenters. The molecule has 0 saturated carbocycles. The summed E-state index contributed by atoms with van der Waals surface area (Å²) in [5, 5.41) is 10.4. The monoisotopic (exact) mass is 425 g/mol. The minimum Gasteiger partial charge on any atom is -0.493 e. The molecule has 0 atom stereocenters. The van der Waals surface area contributed by atoms with E-state index in [-0.39, 0.29) is 11.0 Å². The van der Waals surface area contributed by atoms with Crippen LogP contribution in [0.2, 0.25) is 0 Å². The van der Waals surface area contributed by atoms with Crippen LogP contribution in [0.1, 0.15) is 42.5 Å². The molecule has 3 rings (SSSR count). The Labute approximate surface area is 170 Å². The van der Waals surface area contributed by atoms with Crippen LogP contribution >= 0.6 is 11.3 Å². The van der Waals surface area contributed by atoms with Gasteiger partial charge in [0.2, 0.25) is 10.1 Å². The second-order valence-electron chi connectivity index (χ2n) is 6.55. The predicted molar refractivity (Wildman–Crippen MR) is 102 cm³/mol. The first-order valence-corrected chi connectivity index (χ1v) is 9.78. The zero-order valence-corrected chi connectivity index (χ0v) is 17.0. The second-order valence-corrected chi connectivity index (χ2v) is 7.50. The Balaban J connectivity index is 1.68. The van der Waals surface area contributed by atoms with E-state index in [9.17, 15) is 13.2 Å². The van der Waals surface area contributed by atoms with Crippen molar-refractivity contribution in [3.05, 3.63) is 46.7 Å². The molecule has 0 N–H and O–H groups in total. The molecular formula is C19H20F3N4O2S. The third kappa shape index (κ3) is 5.06. The number of hydrogen-bond donors (Lipinski definition) is 0. The average Bonchev–Trinajstić information content (AvgIpc) is 3.32. The Morgan fingerprint density at radius 3 is 2.72 bits per heavy atom. The first kappa shape index (κ1) is 21.1. The highest BCUT2D eigenvalue weighted by molar-refractivity contribution is 7.13. The number of alkyl halides is 3. The van der Waals surface area contributed by atoms with Crippen molar-refractivity contribution >= 4 is 11.3 Å². The lowest BCUT2D eigenvalue weighted by atomic mass is 10.0. The molecule has 2 heterocycles. The Kier molecular flexibility index (Phi) is 6.41. The van der Waals surface area contributed by atoms with Crippen LogP contribution in [0.4, 0.5) is 13.2 Å². The SMILES string of the molecule is COc1ccc[c]c1OCCCc1cn(-c2nnc(C(F)(F)F)s2)nc1C(C)C. The average molecular weight is 425 g/mol. The minimum atomic E-state index is -4.51. The van der Waals surface area contributed by atoms with E-state index in [2.05, 4.69) is 21.4 Å². The molecule has 0 aliphatic rings. The van der Waals surface area contributed by atoms with Gasteiger partial charge in [0.05, 0.1) is 19.4 Å². The quantitative estimate of drug-likeness (QED) is 0.490. The Bertz CT molecular complexity index is 953. The summed E-state index contributed by atoms with van der Waals surface area (Å²) in [5.74, 6) is 1.27. The van der Waals surface area contributed by atoms with E-state index in [0.29, 0.717) is 42.3 Å². The summed E-state index contributed by atoms with van der Waals surface area (Å²) >= 11 is 0.467. The number of halogens is 3. The molecule has 1 radical (unpaired) electrons. The lowest BCUT2D eigenvalue weighted by molar-refractivity contribution is -0.138. The zero-order chi connectivity index (χ0) is 21.0. The minimum absolute atomic E-state index is 0.0883. The van der Waals surface area contributed by atoms with Crippen LogP contribution in [0.5, 0.6) is 11.5 Å². The number of benzene rings is 1. The van der Waals surface area contributed by atoms with Crippen molar-refractivity contribution in [2.75, 3.05) is 13.7 Å². The molecule has 10 heteroatoms. The number of hydrogen-bond acceptors (Lipinski definition) is 6. The van der Waals surface area contributed by atoms with Crippen LogP contribution in [0.3, 0.4) is 0 Å². The maximum Gasteiger partial charge on any atom is 0.445 e. The number of rotatable bonds is 8. The Hall–Kier alpha value is -2.62. The van der Waals surface area contributed by atoms with Gasteiger partial charge in [-0.1, -0.05) is 37.3 Å². The van der Waals surface area contributed by atoms with Gasteiger partial charge in [-0.2, -0.15) is 18.3 Å². The molecule has 3 aromatic rings. The van der Waals surface area contributed by atoms with E-state index in [0.717, 1.165) is 11.3 Å². The van der Waals surface area contributed by atoms with Crippen LogP contribution in [0.25, 0.3) is 5.13 Å². The van der Waals surface area contributed by atoms with Gasteiger partial charge >= 0.3 is 6.18 Å².